The zero-order chi connectivity index (χ0) is 6.85. The van der Waals surface area contributed by atoms with Crippen molar-refractivity contribution in [3.63, 3.8) is 0 Å². The van der Waals surface area contributed by atoms with Gasteiger partial charge in [0.25, 0.3) is 0 Å². The summed E-state index contributed by atoms with van der Waals surface area (Å²) in [5, 5.41) is 8.34. The van der Waals surface area contributed by atoms with E-state index in [9.17, 15) is 4.79 Å². The van der Waals surface area contributed by atoms with Crippen LogP contribution in [-0.4, -0.2) is 11.8 Å². The Hall–Kier alpha value is -0.880. The minimum absolute atomic E-state index is 0.0292. The molecule has 0 aromatic carbocycles. The highest BCUT2D eigenvalue weighted by Gasteiger charge is 2.29. The molecule has 3 heteroatoms. The van der Waals surface area contributed by atoms with Crippen molar-refractivity contribution < 1.29 is 4.79 Å². The van der Waals surface area contributed by atoms with Gasteiger partial charge in [-0.3, -0.25) is 4.79 Å². The van der Waals surface area contributed by atoms with Gasteiger partial charge in [-0.2, -0.15) is 5.26 Å². The topological polar surface area (TPSA) is 66.9 Å². The molecule has 2 unspecified atom stereocenters. The van der Waals surface area contributed by atoms with E-state index in [0.717, 1.165) is 0 Å². The maximum absolute atomic E-state index is 10.7. The average Bonchev–Trinajstić information content (AvgIpc) is 2.13. The molecular weight excluding hydrogens is 116 g/mol. The zero-order valence-electron chi connectivity index (χ0n) is 5.00. The standard InChI is InChI=1S/C6H8N2O/c7-3-4-1-5(8)6(9)2-4/h4-5H,1-2,8H2. The van der Waals surface area contributed by atoms with E-state index in [1.165, 1.54) is 0 Å². The number of carbonyl (C=O) groups is 1. The van der Waals surface area contributed by atoms with Crippen LogP contribution < -0.4 is 5.73 Å². The molecule has 1 aliphatic carbocycles. The lowest BCUT2D eigenvalue weighted by molar-refractivity contribution is -0.118. The smallest absolute Gasteiger partial charge is 0.150 e. The maximum Gasteiger partial charge on any atom is 0.150 e. The highest BCUT2D eigenvalue weighted by molar-refractivity contribution is 5.86. The first-order chi connectivity index (χ1) is 4.24. The molecule has 2 N–H and O–H groups in total. The van der Waals surface area contributed by atoms with E-state index in [0.29, 0.717) is 12.8 Å². The Morgan fingerprint density at radius 1 is 1.78 bits per heavy atom. The second-order valence-corrected chi connectivity index (χ2v) is 2.34. The van der Waals surface area contributed by atoms with Crippen LogP contribution in [0.15, 0.2) is 0 Å². The van der Waals surface area contributed by atoms with Crippen LogP contribution in [0.1, 0.15) is 12.8 Å². The average molecular weight is 124 g/mol. The van der Waals surface area contributed by atoms with Crippen molar-refractivity contribution in [1.29, 1.82) is 5.26 Å². The van der Waals surface area contributed by atoms with Crippen molar-refractivity contribution in [2.24, 2.45) is 11.7 Å². The molecule has 1 saturated carbocycles. The fourth-order valence-corrected chi connectivity index (χ4v) is 1.01. The predicted octanol–water partition coefficient (Wildman–Crippen LogP) is -0.184. The summed E-state index contributed by atoms with van der Waals surface area (Å²) in [4.78, 5) is 10.7. The first kappa shape index (κ1) is 6.24. The SMILES string of the molecule is N#CC1CC(=O)C(N)C1. The molecular formula is C6H8N2O. The summed E-state index contributed by atoms with van der Waals surface area (Å²) in [6.07, 6.45) is 0.910. The third-order valence-corrected chi connectivity index (χ3v) is 1.58. The molecule has 0 spiro atoms. The lowest BCUT2D eigenvalue weighted by Gasteiger charge is -1.93. The number of nitriles is 1. The van der Waals surface area contributed by atoms with Gasteiger partial charge < -0.3 is 5.73 Å². The number of ketones is 1. The van der Waals surface area contributed by atoms with Gasteiger partial charge >= 0.3 is 0 Å². The Balaban J connectivity index is 2.57. The first-order valence-electron chi connectivity index (χ1n) is 2.92. The third-order valence-electron chi connectivity index (χ3n) is 1.58. The van der Waals surface area contributed by atoms with E-state index in [-0.39, 0.29) is 17.7 Å². The lowest BCUT2D eigenvalue weighted by atomic mass is 10.1. The zero-order valence-corrected chi connectivity index (χ0v) is 5.00. The summed E-state index contributed by atoms with van der Waals surface area (Å²) >= 11 is 0. The van der Waals surface area contributed by atoms with Crippen molar-refractivity contribution >= 4 is 5.78 Å². The number of carbonyl (C=O) groups excluding carboxylic acids is 1. The number of hydrogen-bond donors (Lipinski definition) is 1. The summed E-state index contributed by atoms with van der Waals surface area (Å²) < 4.78 is 0. The molecule has 3 nitrogen and oxygen atoms in total. The van der Waals surface area contributed by atoms with Crippen LogP contribution in [0.3, 0.4) is 0 Å². The molecule has 1 fully saturated rings. The fourth-order valence-electron chi connectivity index (χ4n) is 1.01. The lowest BCUT2D eigenvalue weighted by Crippen LogP contribution is -2.23. The molecule has 0 aromatic rings. The second-order valence-electron chi connectivity index (χ2n) is 2.34. The first-order valence-corrected chi connectivity index (χ1v) is 2.92. The number of nitrogens with two attached hydrogens (primary N) is 1. The van der Waals surface area contributed by atoms with Crippen LogP contribution in [0.25, 0.3) is 0 Å². The van der Waals surface area contributed by atoms with Gasteiger partial charge in [0.05, 0.1) is 18.0 Å². The number of hydrogen-bond acceptors (Lipinski definition) is 3. The van der Waals surface area contributed by atoms with Crippen LogP contribution >= 0.6 is 0 Å². The van der Waals surface area contributed by atoms with E-state index in [1.54, 1.807) is 0 Å². The molecule has 0 saturated heterocycles. The molecule has 0 aliphatic heterocycles. The molecule has 9 heavy (non-hydrogen) atoms. The van der Waals surface area contributed by atoms with Crippen molar-refractivity contribution in [3.05, 3.63) is 0 Å². The monoisotopic (exact) mass is 124 g/mol. The van der Waals surface area contributed by atoms with Gasteiger partial charge in [-0.25, -0.2) is 0 Å². The quantitative estimate of drug-likeness (QED) is 0.487. The second kappa shape index (κ2) is 2.16. The summed E-state index contributed by atoms with van der Waals surface area (Å²) in [6.45, 7) is 0. The summed E-state index contributed by atoms with van der Waals surface area (Å²) in [5.74, 6) is -0.0888. The van der Waals surface area contributed by atoms with Crippen LogP contribution in [0, 0.1) is 17.2 Å². The van der Waals surface area contributed by atoms with Crippen molar-refractivity contribution in [2.75, 3.05) is 0 Å². The van der Waals surface area contributed by atoms with E-state index in [4.69, 9.17) is 11.0 Å². The Morgan fingerprint density at radius 3 is 2.67 bits per heavy atom. The molecule has 0 aromatic heterocycles. The van der Waals surface area contributed by atoms with Crippen molar-refractivity contribution in [3.8, 4) is 6.07 Å². The molecule has 0 radical (unpaired) electrons. The minimum atomic E-state index is -0.366. The van der Waals surface area contributed by atoms with Gasteiger partial charge in [0.2, 0.25) is 0 Å². The molecule has 1 rings (SSSR count). The Bertz CT molecular complexity index is 170. The minimum Gasteiger partial charge on any atom is -0.321 e. The van der Waals surface area contributed by atoms with Gasteiger partial charge in [-0.15, -0.1) is 0 Å². The highest BCUT2D eigenvalue weighted by atomic mass is 16.1. The van der Waals surface area contributed by atoms with Crippen molar-refractivity contribution in [1.82, 2.24) is 0 Å². The Morgan fingerprint density at radius 2 is 2.44 bits per heavy atom. The van der Waals surface area contributed by atoms with Crippen LogP contribution in [0.2, 0.25) is 0 Å². The number of nitrogens with zero attached hydrogens (tertiary/aromatic N) is 1. The third kappa shape index (κ3) is 1.08. The fraction of sp³-hybridized carbons (Fsp3) is 0.667. The molecule has 0 bridgehead atoms. The largest absolute Gasteiger partial charge is 0.321 e. The number of Topliss-reactive ketones (excluding diaryl/α,β-unsaturated/α-hetero) is 1. The van der Waals surface area contributed by atoms with Crippen LogP contribution in [0.5, 0.6) is 0 Å². The van der Waals surface area contributed by atoms with E-state index < -0.39 is 0 Å². The highest BCUT2D eigenvalue weighted by Crippen LogP contribution is 2.19. The molecule has 0 heterocycles. The van der Waals surface area contributed by atoms with Crippen molar-refractivity contribution in [2.45, 2.75) is 18.9 Å². The molecule has 48 valence electrons. The van der Waals surface area contributed by atoms with Gasteiger partial charge in [-0.05, 0) is 6.42 Å². The molecule has 0 amide bonds. The molecule has 2 atom stereocenters. The molecule has 1 aliphatic rings. The summed E-state index contributed by atoms with van der Waals surface area (Å²) in [6, 6.07) is 1.66. The van der Waals surface area contributed by atoms with E-state index in [1.807, 2.05) is 6.07 Å². The summed E-state index contributed by atoms with van der Waals surface area (Å²) in [5.41, 5.74) is 5.34. The van der Waals surface area contributed by atoms with Crippen LogP contribution in [0.4, 0.5) is 0 Å². The van der Waals surface area contributed by atoms with E-state index >= 15 is 0 Å². The van der Waals surface area contributed by atoms with Gasteiger partial charge in [-0.1, -0.05) is 0 Å². The Labute approximate surface area is 53.5 Å². The maximum atomic E-state index is 10.7. The van der Waals surface area contributed by atoms with Gasteiger partial charge in [0, 0.05) is 6.42 Å². The van der Waals surface area contributed by atoms with Gasteiger partial charge in [0.1, 0.15) is 0 Å². The normalized spacial score (nSPS) is 34.4. The van der Waals surface area contributed by atoms with Crippen LogP contribution in [-0.2, 0) is 4.79 Å². The van der Waals surface area contributed by atoms with Gasteiger partial charge in [0.15, 0.2) is 5.78 Å². The van der Waals surface area contributed by atoms with E-state index in [2.05, 4.69) is 0 Å². The summed E-state index contributed by atoms with van der Waals surface area (Å²) in [7, 11) is 0. The predicted molar refractivity (Wildman–Crippen MR) is 31.3 cm³/mol. The number of rotatable bonds is 0. The Kier molecular flexibility index (Phi) is 1.50.